The van der Waals surface area contributed by atoms with E-state index in [1.54, 1.807) is 12.4 Å². The Morgan fingerprint density at radius 3 is 2.78 bits per heavy atom. The Hall–Kier alpha value is -2.57. The molecule has 3 heteroatoms. The fourth-order valence-corrected chi connectivity index (χ4v) is 3.29. The van der Waals surface area contributed by atoms with Crippen LogP contribution in [-0.2, 0) is 13.0 Å². The number of likely N-dealkylation sites (N-methyl/N-ethyl adjacent to an activating group) is 1. The molecule has 0 fully saturated rings. The van der Waals surface area contributed by atoms with E-state index >= 15 is 0 Å². The fraction of sp³-hybridized carbons (Fsp3) is 0.250. The number of hydrogen-bond donors (Lipinski definition) is 0. The molecule has 3 nitrogen and oxygen atoms in total. The van der Waals surface area contributed by atoms with Crippen molar-refractivity contribution in [3.05, 3.63) is 65.1 Å². The van der Waals surface area contributed by atoms with E-state index in [1.165, 1.54) is 27.7 Å². The maximum absolute atomic E-state index is 4.05. The van der Waals surface area contributed by atoms with Crippen molar-refractivity contribution >= 4 is 10.9 Å². The van der Waals surface area contributed by atoms with Crippen molar-refractivity contribution in [2.45, 2.75) is 19.9 Å². The molecule has 2 aromatic heterocycles. The molecule has 1 aliphatic rings. The molecular weight excluding hydrogens is 282 g/mol. The number of rotatable bonds is 0. The zero-order valence-corrected chi connectivity index (χ0v) is 13.5. The summed E-state index contributed by atoms with van der Waals surface area (Å²) in [5.41, 5.74) is 6.31. The van der Waals surface area contributed by atoms with Crippen LogP contribution in [0.4, 0.5) is 0 Å². The number of nitrogens with zero attached hydrogens (tertiary/aromatic N) is 3. The monoisotopic (exact) mass is 301 g/mol. The fourth-order valence-electron chi connectivity index (χ4n) is 3.29. The number of aromatic nitrogens is 2. The Morgan fingerprint density at radius 2 is 1.96 bits per heavy atom. The molecule has 23 heavy (non-hydrogen) atoms. The first-order chi connectivity index (χ1) is 11.2. The third-order valence-electron chi connectivity index (χ3n) is 4.49. The third kappa shape index (κ3) is 2.52. The van der Waals surface area contributed by atoms with Gasteiger partial charge in [0.25, 0.3) is 0 Å². The Balaban J connectivity index is 1.92. The number of hydrogen-bond acceptors (Lipinski definition) is 2. The SMILES string of the molecule is Cc1ccc2c(c1)c1c(n2C#Cc2ccncc2)CN(C)CC1. The van der Waals surface area contributed by atoms with E-state index in [2.05, 4.69) is 58.6 Å². The second kappa shape index (κ2) is 5.57. The molecule has 0 spiro atoms. The minimum atomic E-state index is 0.952. The summed E-state index contributed by atoms with van der Waals surface area (Å²) in [5.74, 6) is 3.27. The predicted octanol–water partition coefficient (Wildman–Crippen LogP) is 3.19. The maximum atomic E-state index is 4.05. The third-order valence-corrected chi connectivity index (χ3v) is 4.49. The molecule has 114 valence electrons. The van der Waals surface area contributed by atoms with Gasteiger partial charge in [0.05, 0.1) is 5.52 Å². The Kier molecular flexibility index (Phi) is 3.40. The van der Waals surface area contributed by atoms with Crippen molar-refractivity contribution in [2.75, 3.05) is 13.6 Å². The minimum absolute atomic E-state index is 0.952. The molecule has 4 rings (SSSR count). The standard InChI is InChI=1S/C20H19N3/c1-15-3-4-19-18(13-15)17-8-11-22(2)14-20(17)23(19)12-7-16-5-9-21-10-6-16/h3-6,9-10,13H,8,11,14H2,1-2H3. The molecule has 0 radical (unpaired) electrons. The van der Waals surface area contributed by atoms with Crippen LogP contribution in [0.2, 0.25) is 0 Å². The lowest BCUT2D eigenvalue weighted by atomic mass is 10.0. The van der Waals surface area contributed by atoms with Gasteiger partial charge < -0.3 is 4.90 Å². The van der Waals surface area contributed by atoms with E-state index < -0.39 is 0 Å². The van der Waals surface area contributed by atoms with Crippen LogP contribution in [0.5, 0.6) is 0 Å². The molecule has 0 saturated heterocycles. The van der Waals surface area contributed by atoms with Gasteiger partial charge in [0.2, 0.25) is 0 Å². The van der Waals surface area contributed by atoms with Crippen LogP contribution < -0.4 is 0 Å². The summed E-state index contributed by atoms with van der Waals surface area (Å²) >= 11 is 0. The van der Waals surface area contributed by atoms with Gasteiger partial charge in [-0.25, -0.2) is 0 Å². The molecule has 3 heterocycles. The lowest BCUT2D eigenvalue weighted by Gasteiger charge is -2.23. The number of pyridine rings is 1. The minimum Gasteiger partial charge on any atom is -0.300 e. The molecule has 0 bridgehead atoms. The van der Waals surface area contributed by atoms with Crippen LogP contribution in [0, 0.1) is 18.9 Å². The molecule has 0 atom stereocenters. The van der Waals surface area contributed by atoms with Gasteiger partial charge in [0.15, 0.2) is 0 Å². The summed E-state index contributed by atoms with van der Waals surface area (Å²) in [6, 6.07) is 13.9. The number of aryl methyl sites for hydroxylation is 1. The van der Waals surface area contributed by atoms with Gasteiger partial charge in [0, 0.05) is 48.2 Å². The summed E-state index contributed by atoms with van der Waals surface area (Å²) in [4.78, 5) is 6.41. The molecule has 0 unspecified atom stereocenters. The largest absolute Gasteiger partial charge is 0.300 e. The second-order valence-electron chi connectivity index (χ2n) is 6.24. The highest BCUT2D eigenvalue weighted by Crippen LogP contribution is 2.30. The van der Waals surface area contributed by atoms with Gasteiger partial charge in [-0.15, -0.1) is 0 Å². The van der Waals surface area contributed by atoms with Gasteiger partial charge >= 0.3 is 0 Å². The van der Waals surface area contributed by atoms with E-state index in [4.69, 9.17) is 0 Å². The molecule has 0 N–H and O–H groups in total. The molecular formula is C20H19N3. The first-order valence-corrected chi connectivity index (χ1v) is 7.96. The van der Waals surface area contributed by atoms with Crippen molar-refractivity contribution in [2.24, 2.45) is 0 Å². The lowest BCUT2D eigenvalue weighted by Crippen LogP contribution is -2.27. The van der Waals surface area contributed by atoms with Crippen LogP contribution in [-0.4, -0.2) is 28.0 Å². The van der Waals surface area contributed by atoms with Crippen LogP contribution in [0.3, 0.4) is 0 Å². The molecule has 1 aromatic carbocycles. The smallest absolute Gasteiger partial charge is 0.0618 e. The highest BCUT2D eigenvalue weighted by molar-refractivity contribution is 5.87. The van der Waals surface area contributed by atoms with Crippen LogP contribution in [0.1, 0.15) is 22.4 Å². The average molecular weight is 301 g/mol. The van der Waals surface area contributed by atoms with E-state index in [1.807, 2.05) is 12.1 Å². The van der Waals surface area contributed by atoms with E-state index in [-0.39, 0.29) is 0 Å². The van der Waals surface area contributed by atoms with Gasteiger partial charge in [0.1, 0.15) is 0 Å². The predicted molar refractivity (Wildman–Crippen MR) is 93.2 cm³/mol. The quantitative estimate of drug-likeness (QED) is 0.595. The van der Waals surface area contributed by atoms with Crippen molar-refractivity contribution in [1.29, 1.82) is 0 Å². The van der Waals surface area contributed by atoms with Gasteiger partial charge in [-0.05, 0) is 56.1 Å². The second-order valence-corrected chi connectivity index (χ2v) is 6.24. The van der Waals surface area contributed by atoms with Crippen LogP contribution in [0.15, 0.2) is 42.7 Å². The maximum Gasteiger partial charge on any atom is 0.0618 e. The van der Waals surface area contributed by atoms with E-state index in [0.29, 0.717) is 0 Å². The van der Waals surface area contributed by atoms with E-state index in [0.717, 1.165) is 25.1 Å². The molecule has 0 amide bonds. The average Bonchev–Trinajstić information content (AvgIpc) is 2.86. The van der Waals surface area contributed by atoms with E-state index in [9.17, 15) is 0 Å². The summed E-state index contributed by atoms with van der Waals surface area (Å²) in [7, 11) is 2.17. The normalized spacial score (nSPS) is 14.3. The summed E-state index contributed by atoms with van der Waals surface area (Å²) in [5, 5.41) is 1.36. The molecule has 0 saturated carbocycles. The first kappa shape index (κ1) is 14.0. The Morgan fingerprint density at radius 1 is 1.13 bits per heavy atom. The van der Waals surface area contributed by atoms with Crippen molar-refractivity contribution in [3.8, 4) is 12.0 Å². The highest BCUT2D eigenvalue weighted by Gasteiger charge is 2.21. The van der Waals surface area contributed by atoms with Gasteiger partial charge in [-0.2, -0.15) is 0 Å². The molecule has 3 aromatic rings. The number of fused-ring (bicyclic) bond motifs is 3. The van der Waals surface area contributed by atoms with Gasteiger partial charge in [-0.1, -0.05) is 11.6 Å². The zero-order chi connectivity index (χ0) is 15.8. The summed E-state index contributed by atoms with van der Waals surface area (Å²) < 4.78 is 2.18. The zero-order valence-electron chi connectivity index (χ0n) is 13.5. The van der Waals surface area contributed by atoms with Crippen molar-refractivity contribution in [1.82, 2.24) is 14.5 Å². The molecule has 1 aliphatic heterocycles. The summed E-state index contributed by atoms with van der Waals surface area (Å²) in [6.07, 6.45) is 4.66. The highest BCUT2D eigenvalue weighted by atomic mass is 15.1. The topological polar surface area (TPSA) is 21.1 Å². The first-order valence-electron chi connectivity index (χ1n) is 7.96. The molecule has 0 aliphatic carbocycles. The van der Waals surface area contributed by atoms with Gasteiger partial charge in [-0.3, -0.25) is 9.55 Å². The van der Waals surface area contributed by atoms with Crippen molar-refractivity contribution < 1.29 is 0 Å². The lowest BCUT2D eigenvalue weighted by molar-refractivity contribution is 0.308. The number of benzene rings is 1. The Bertz CT molecular complexity index is 926. The van der Waals surface area contributed by atoms with Crippen LogP contribution in [0.25, 0.3) is 10.9 Å². The Labute approximate surface area is 136 Å². The van der Waals surface area contributed by atoms with Crippen molar-refractivity contribution in [3.63, 3.8) is 0 Å². The van der Waals surface area contributed by atoms with Crippen LogP contribution >= 0.6 is 0 Å². The summed E-state index contributed by atoms with van der Waals surface area (Å²) in [6.45, 7) is 4.21.